The van der Waals surface area contributed by atoms with Crippen LogP contribution in [0.4, 0.5) is 0 Å². The molecule has 1 aliphatic rings. The lowest BCUT2D eigenvalue weighted by atomic mass is 10.2. The molecule has 2 rings (SSSR count). The van der Waals surface area contributed by atoms with E-state index in [1.54, 1.807) is 0 Å². The molecule has 1 aromatic rings. The first kappa shape index (κ1) is 15.0. The highest BCUT2D eigenvalue weighted by molar-refractivity contribution is 5.14. The Morgan fingerprint density at radius 1 is 1.10 bits per heavy atom. The van der Waals surface area contributed by atoms with Gasteiger partial charge in [0.15, 0.2) is 6.23 Å². The molecule has 0 amide bonds. The van der Waals surface area contributed by atoms with E-state index in [2.05, 4.69) is 61.4 Å². The molecule has 2 unspecified atom stereocenters. The van der Waals surface area contributed by atoms with Gasteiger partial charge < -0.3 is 0 Å². The first-order valence-corrected chi connectivity index (χ1v) is 7.51. The summed E-state index contributed by atoms with van der Waals surface area (Å²) in [6, 6.07) is 10.5. The van der Waals surface area contributed by atoms with Gasteiger partial charge in [0.1, 0.15) is 0 Å². The average molecular weight is 271 g/mol. The molecule has 1 aliphatic heterocycles. The van der Waals surface area contributed by atoms with Crippen molar-refractivity contribution in [3.8, 4) is 0 Å². The molecule has 0 radical (unpaired) electrons. The zero-order valence-corrected chi connectivity index (χ0v) is 12.6. The van der Waals surface area contributed by atoms with Crippen molar-refractivity contribution in [1.29, 1.82) is 0 Å². The highest BCUT2D eigenvalue weighted by Gasteiger charge is 2.34. The van der Waals surface area contributed by atoms with Crippen molar-refractivity contribution in [2.24, 2.45) is 0 Å². The molecule has 0 N–H and O–H groups in total. The molecule has 2 atom stereocenters. The van der Waals surface area contributed by atoms with Crippen LogP contribution in [-0.2, 0) is 11.4 Å². The van der Waals surface area contributed by atoms with E-state index in [-0.39, 0.29) is 0 Å². The van der Waals surface area contributed by atoms with Crippen molar-refractivity contribution in [2.45, 2.75) is 52.3 Å². The van der Waals surface area contributed by atoms with E-state index in [9.17, 15) is 0 Å². The Kier molecular flexibility index (Phi) is 6.03. The SMILES string of the molecule is CC(C)=CCC/C=C\CCC1ON1Cc1ccccc1. The number of unbranched alkanes of at least 4 members (excludes halogenated alkanes) is 1. The van der Waals surface area contributed by atoms with Gasteiger partial charge in [0.25, 0.3) is 0 Å². The number of hydrogen-bond donors (Lipinski definition) is 0. The predicted molar refractivity (Wildman–Crippen MR) is 83.9 cm³/mol. The molecule has 1 aromatic carbocycles. The van der Waals surface area contributed by atoms with E-state index in [0.29, 0.717) is 6.23 Å². The van der Waals surface area contributed by atoms with Gasteiger partial charge in [-0.3, -0.25) is 4.84 Å². The molecule has 1 fully saturated rings. The largest absolute Gasteiger partial charge is 0.275 e. The maximum absolute atomic E-state index is 5.57. The van der Waals surface area contributed by atoms with Crippen LogP contribution in [0.25, 0.3) is 0 Å². The topological polar surface area (TPSA) is 15.5 Å². The number of benzene rings is 1. The highest BCUT2D eigenvalue weighted by Crippen LogP contribution is 2.27. The maximum Gasteiger partial charge on any atom is 0.155 e. The van der Waals surface area contributed by atoms with Gasteiger partial charge in [0.05, 0.1) is 6.54 Å². The second-order valence-electron chi connectivity index (χ2n) is 5.53. The fraction of sp³-hybridized carbons (Fsp3) is 0.444. The van der Waals surface area contributed by atoms with Crippen LogP contribution in [-0.4, -0.2) is 11.3 Å². The Hall–Kier alpha value is -1.38. The zero-order valence-electron chi connectivity index (χ0n) is 12.6. The lowest BCUT2D eigenvalue weighted by Crippen LogP contribution is -2.01. The van der Waals surface area contributed by atoms with Crippen LogP contribution in [0.3, 0.4) is 0 Å². The third-order valence-electron chi connectivity index (χ3n) is 3.35. The zero-order chi connectivity index (χ0) is 14.2. The van der Waals surface area contributed by atoms with Crippen molar-refractivity contribution in [2.75, 3.05) is 0 Å². The molecule has 1 heterocycles. The van der Waals surface area contributed by atoms with Gasteiger partial charge in [-0.05, 0) is 45.1 Å². The van der Waals surface area contributed by atoms with Crippen LogP contribution >= 0.6 is 0 Å². The highest BCUT2D eigenvalue weighted by atomic mass is 16.8. The normalized spacial score (nSPS) is 21.1. The summed E-state index contributed by atoms with van der Waals surface area (Å²) in [5.74, 6) is 0. The van der Waals surface area contributed by atoms with E-state index < -0.39 is 0 Å². The minimum atomic E-state index is 0.317. The fourth-order valence-corrected chi connectivity index (χ4v) is 2.17. The summed E-state index contributed by atoms with van der Waals surface area (Å²) >= 11 is 0. The van der Waals surface area contributed by atoms with Crippen LogP contribution in [0.5, 0.6) is 0 Å². The Morgan fingerprint density at radius 3 is 2.60 bits per heavy atom. The quantitative estimate of drug-likeness (QED) is 0.382. The summed E-state index contributed by atoms with van der Waals surface area (Å²) in [4.78, 5) is 5.57. The van der Waals surface area contributed by atoms with Gasteiger partial charge >= 0.3 is 0 Å². The predicted octanol–water partition coefficient (Wildman–Crippen LogP) is 4.84. The molecule has 20 heavy (non-hydrogen) atoms. The fourth-order valence-electron chi connectivity index (χ4n) is 2.17. The van der Waals surface area contributed by atoms with Crippen LogP contribution in [0.15, 0.2) is 54.1 Å². The Morgan fingerprint density at radius 2 is 1.85 bits per heavy atom. The van der Waals surface area contributed by atoms with Crippen LogP contribution in [0, 0.1) is 0 Å². The molecule has 0 saturated carbocycles. The summed E-state index contributed by atoms with van der Waals surface area (Å²) in [7, 11) is 0. The summed E-state index contributed by atoms with van der Waals surface area (Å²) < 4.78 is 0. The van der Waals surface area contributed by atoms with E-state index in [1.165, 1.54) is 11.1 Å². The third-order valence-corrected chi connectivity index (χ3v) is 3.35. The van der Waals surface area contributed by atoms with Gasteiger partial charge in [-0.1, -0.05) is 54.1 Å². The van der Waals surface area contributed by atoms with E-state index >= 15 is 0 Å². The number of allylic oxidation sites excluding steroid dienone is 4. The van der Waals surface area contributed by atoms with Crippen molar-refractivity contribution < 1.29 is 4.84 Å². The minimum Gasteiger partial charge on any atom is -0.275 e. The van der Waals surface area contributed by atoms with E-state index in [4.69, 9.17) is 4.84 Å². The van der Waals surface area contributed by atoms with Crippen LogP contribution < -0.4 is 0 Å². The van der Waals surface area contributed by atoms with Crippen molar-refractivity contribution in [3.63, 3.8) is 0 Å². The van der Waals surface area contributed by atoms with Gasteiger partial charge in [-0.2, -0.15) is 5.06 Å². The van der Waals surface area contributed by atoms with Crippen LogP contribution in [0.2, 0.25) is 0 Å². The molecular formula is C18H25NO. The molecular weight excluding hydrogens is 246 g/mol. The lowest BCUT2D eigenvalue weighted by molar-refractivity contribution is 0.191. The molecule has 0 spiro atoms. The van der Waals surface area contributed by atoms with Gasteiger partial charge in [0.2, 0.25) is 0 Å². The lowest BCUT2D eigenvalue weighted by Gasteiger charge is -1.98. The standard InChI is InChI=1S/C18H25NO/c1-16(2)11-7-4-3-5-10-14-18-19(20-18)15-17-12-8-6-9-13-17/h3,5-6,8-9,11-13,18H,4,7,10,14-15H2,1-2H3/b5-3-. The summed E-state index contributed by atoms with van der Waals surface area (Å²) in [5, 5.41) is 2.06. The van der Waals surface area contributed by atoms with Gasteiger partial charge in [-0.15, -0.1) is 0 Å². The Labute approximate surface area is 122 Å². The first-order chi connectivity index (χ1) is 9.75. The summed E-state index contributed by atoms with van der Waals surface area (Å²) in [5.41, 5.74) is 2.72. The minimum absolute atomic E-state index is 0.317. The Balaban J connectivity index is 1.54. The van der Waals surface area contributed by atoms with Crippen LogP contribution in [0.1, 0.15) is 45.1 Å². The van der Waals surface area contributed by atoms with E-state index in [1.807, 2.05) is 6.07 Å². The summed E-state index contributed by atoms with van der Waals surface area (Å²) in [6.45, 7) is 5.20. The molecule has 1 saturated heterocycles. The first-order valence-electron chi connectivity index (χ1n) is 7.51. The number of rotatable bonds is 8. The Bertz CT molecular complexity index is 446. The second kappa shape index (κ2) is 8.03. The van der Waals surface area contributed by atoms with Gasteiger partial charge in [0, 0.05) is 0 Å². The number of hydroxylamine groups is 2. The number of hydrogen-bond acceptors (Lipinski definition) is 2. The maximum atomic E-state index is 5.57. The van der Waals surface area contributed by atoms with Crippen molar-refractivity contribution >= 4 is 0 Å². The number of nitrogens with zero attached hydrogens (tertiary/aromatic N) is 1. The average Bonchev–Trinajstić information content (AvgIpc) is 3.16. The molecule has 2 heteroatoms. The second-order valence-corrected chi connectivity index (χ2v) is 5.53. The van der Waals surface area contributed by atoms with Gasteiger partial charge in [-0.25, -0.2) is 0 Å². The van der Waals surface area contributed by atoms with Crippen molar-refractivity contribution in [3.05, 3.63) is 59.7 Å². The molecule has 0 aromatic heterocycles. The van der Waals surface area contributed by atoms with Crippen molar-refractivity contribution in [1.82, 2.24) is 5.06 Å². The molecule has 2 nitrogen and oxygen atoms in total. The third kappa shape index (κ3) is 5.72. The monoisotopic (exact) mass is 271 g/mol. The molecule has 0 bridgehead atoms. The van der Waals surface area contributed by atoms with E-state index in [0.717, 1.165) is 32.2 Å². The smallest absolute Gasteiger partial charge is 0.155 e. The molecule has 108 valence electrons. The molecule has 0 aliphatic carbocycles. The summed E-state index contributed by atoms with van der Waals surface area (Å²) in [6.07, 6.45) is 11.7.